The lowest BCUT2D eigenvalue weighted by Crippen LogP contribution is -2.30. The van der Waals surface area contributed by atoms with Crippen molar-refractivity contribution in [1.82, 2.24) is 4.90 Å². The van der Waals surface area contributed by atoms with E-state index < -0.39 is 20.8 Å². The molecule has 1 aromatic rings. The third kappa shape index (κ3) is 3.55. The van der Waals surface area contributed by atoms with Crippen molar-refractivity contribution in [2.24, 2.45) is 11.8 Å². The Morgan fingerprint density at radius 3 is 2.52 bits per heavy atom. The van der Waals surface area contributed by atoms with E-state index in [1.807, 2.05) is 0 Å². The maximum absolute atomic E-state index is 14.1. The minimum absolute atomic E-state index is 0.0771. The van der Waals surface area contributed by atoms with Crippen LogP contribution in [0, 0.1) is 24.6 Å². The maximum Gasteiger partial charge on any atom is 0.261 e. The Hall–Kier alpha value is -1.14. The molecule has 1 amide bonds. The lowest BCUT2D eigenvalue weighted by Gasteiger charge is -2.18. The molecular formula is C14H17ClFNO3S. The zero-order valence-electron chi connectivity index (χ0n) is 12.1. The number of carbonyl (C=O) groups is 1. The molecule has 1 aromatic carbocycles. The van der Waals surface area contributed by atoms with Crippen LogP contribution in [0.1, 0.15) is 29.3 Å². The number of aryl methyl sites for hydroxylation is 1. The lowest BCUT2D eigenvalue weighted by atomic mass is 10.1. The topological polar surface area (TPSA) is 54.5 Å². The van der Waals surface area contributed by atoms with Gasteiger partial charge in [0, 0.05) is 24.3 Å². The van der Waals surface area contributed by atoms with Crippen molar-refractivity contribution < 1.29 is 17.6 Å². The Bertz CT molecular complexity index is 690. The van der Waals surface area contributed by atoms with E-state index in [-0.39, 0.29) is 16.0 Å². The lowest BCUT2D eigenvalue weighted by molar-refractivity contribution is 0.0782. The van der Waals surface area contributed by atoms with Crippen molar-refractivity contribution in [3.05, 3.63) is 29.1 Å². The summed E-state index contributed by atoms with van der Waals surface area (Å²) in [7, 11) is 2.86. The minimum Gasteiger partial charge on any atom is -0.341 e. The van der Waals surface area contributed by atoms with Crippen molar-refractivity contribution in [3.8, 4) is 0 Å². The second kappa shape index (κ2) is 5.57. The predicted octanol–water partition coefficient (Wildman–Crippen LogP) is 2.79. The predicted molar refractivity (Wildman–Crippen MR) is 78.4 cm³/mol. The second-order valence-corrected chi connectivity index (χ2v) is 8.26. The standard InChI is InChI=1S/C14H17ClFNO3S/c1-8-4-10(8)7-17(3)14(18)12-6-11(21(15,19)20)5-9(2)13(12)16/h5-6,8,10H,4,7H2,1-3H3. The molecule has 2 rings (SSSR count). The van der Waals surface area contributed by atoms with Crippen molar-refractivity contribution >= 4 is 25.6 Å². The summed E-state index contributed by atoms with van der Waals surface area (Å²) in [6.07, 6.45) is 1.05. The number of amides is 1. The van der Waals surface area contributed by atoms with Crippen LogP contribution in [0.15, 0.2) is 17.0 Å². The largest absolute Gasteiger partial charge is 0.341 e. The summed E-state index contributed by atoms with van der Waals surface area (Å²) < 4.78 is 36.9. The Morgan fingerprint density at radius 2 is 2.05 bits per heavy atom. The van der Waals surface area contributed by atoms with Crippen LogP contribution in [-0.4, -0.2) is 32.8 Å². The van der Waals surface area contributed by atoms with E-state index >= 15 is 0 Å². The number of benzene rings is 1. The van der Waals surface area contributed by atoms with Crippen LogP contribution in [0.2, 0.25) is 0 Å². The van der Waals surface area contributed by atoms with Gasteiger partial charge in [0.2, 0.25) is 0 Å². The maximum atomic E-state index is 14.1. The molecule has 2 atom stereocenters. The van der Waals surface area contributed by atoms with E-state index in [9.17, 15) is 17.6 Å². The van der Waals surface area contributed by atoms with Gasteiger partial charge in [0.15, 0.2) is 0 Å². The van der Waals surface area contributed by atoms with Crippen LogP contribution in [0.25, 0.3) is 0 Å². The smallest absolute Gasteiger partial charge is 0.261 e. The average molecular weight is 334 g/mol. The molecule has 0 bridgehead atoms. The third-order valence-electron chi connectivity index (χ3n) is 3.87. The number of hydrogen-bond acceptors (Lipinski definition) is 3. The van der Waals surface area contributed by atoms with E-state index in [4.69, 9.17) is 10.7 Å². The molecule has 0 radical (unpaired) electrons. The summed E-state index contributed by atoms with van der Waals surface area (Å²) in [5.41, 5.74) is -0.182. The summed E-state index contributed by atoms with van der Waals surface area (Å²) in [5, 5.41) is 0. The van der Waals surface area contributed by atoms with Gasteiger partial charge in [-0.15, -0.1) is 0 Å². The van der Waals surface area contributed by atoms with E-state index in [0.717, 1.165) is 18.6 Å². The first-order chi connectivity index (χ1) is 9.61. The summed E-state index contributed by atoms with van der Waals surface area (Å²) in [4.78, 5) is 13.5. The summed E-state index contributed by atoms with van der Waals surface area (Å²) in [5.74, 6) is -0.235. The number of rotatable bonds is 4. The van der Waals surface area contributed by atoms with E-state index in [1.54, 1.807) is 7.05 Å². The molecule has 1 saturated carbocycles. The Labute approximate surface area is 128 Å². The highest BCUT2D eigenvalue weighted by Crippen LogP contribution is 2.38. The molecule has 0 spiro atoms. The molecule has 0 heterocycles. The first-order valence-corrected chi connectivity index (χ1v) is 8.92. The van der Waals surface area contributed by atoms with Crippen molar-refractivity contribution in [2.45, 2.75) is 25.2 Å². The van der Waals surface area contributed by atoms with Gasteiger partial charge in [-0.05, 0) is 42.9 Å². The quantitative estimate of drug-likeness (QED) is 0.796. The highest BCUT2D eigenvalue weighted by Gasteiger charge is 2.34. The molecular weight excluding hydrogens is 317 g/mol. The SMILES string of the molecule is Cc1cc(S(=O)(=O)Cl)cc(C(=O)N(C)CC2CC2C)c1F. The van der Waals surface area contributed by atoms with E-state index in [0.29, 0.717) is 18.4 Å². The van der Waals surface area contributed by atoms with Crippen molar-refractivity contribution in [2.75, 3.05) is 13.6 Å². The van der Waals surface area contributed by atoms with Gasteiger partial charge >= 0.3 is 0 Å². The van der Waals surface area contributed by atoms with Gasteiger partial charge in [-0.3, -0.25) is 4.79 Å². The number of hydrogen-bond donors (Lipinski definition) is 0. The fourth-order valence-corrected chi connectivity index (χ4v) is 3.17. The molecule has 0 aromatic heterocycles. The third-order valence-corrected chi connectivity index (χ3v) is 5.20. The van der Waals surface area contributed by atoms with Crippen molar-refractivity contribution in [3.63, 3.8) is 0 Å². The Balaban J connectivity index is 2.33. The molecule has 2 unspecified atom stereocenters. The number of nitrogens with zero attached hydrogens (tertiary/aromatic N) is 1. The van der Waals surface area contributed by atoms with Gasteiger partial charge in [-0.1, -0.05) is 6.92 Å². The molecule has 116 valence electrons. The molecule has 1 fully saturated rings. The van der Waals surface area contributed by atoms with E-state index in [1.165, 1.54) is 11.8 Å². The molecule has 0 aliphatic heterocycles. The fraction of sp³-hybridized carbons (Fsp3) is 0.500. The molecule has 0 N–H and O–H groups in total. The molecule has 1 aliphatic rings. The van der Waals surface area contributed by atoms with Gasteiger partial charge in [0.25, 0.3) is 15.0 Å². The molecule has 21 heavy (non-hydrogen) atoms. The molecule has 0 saturated heterocycles. The van der Waals surface area contributed by atoms with Gasteiger partial charge in [-0.2, -0.15) is 0 Å². The van der Waals surface area contributed by atoms with Crippen LogP contribution < -0.4 is 0 Å². The van der Waals surface area contributed by atoms with Crippen LogP contribution in [-0.2, 0) is 9.05 Å². The van der Waals surface area contributed by atoms with Gasteiger partial charge < -0.3 is 4.90 Å². The van der Waals surface area contributed by atoms with Crippen LogP contribution >= 0.6 is 10.7 Å². The highest BCUT2D eigenvalue weighted by atomic mass is 35.7. The average Bonchev–Trinajstić information content (AvgIpc) is 3.05. The fourth-order valence-electron chi connectivity index (χ4n) is 2.33. The second-order valence-electron chi connectivity index (χ2n) is 5.70. The van der Waals surface area contributed by atoms with Crippen LogP contribution in [0.5, 0.6) is 0 Å². The monoisotopic (exact) mass is 333 g/mol. The normalized spacial score (nSPS) is 21.2. The first-order valence-electron chi connectivity index (χ1n) is 6.61. The van der Waals surface area contributed by atoms with Gasteiger partial charge in [0.05, 0.1) is 10.5 Å². The summed E-state index contributed by atoms with van der Waals surface area (Å²) >= 11 is 0. The summed E-state index contributed by atoms with van der Waals surface area (Å²) in [6.45, 7) is 4.03. The van der Waals surface area contributed by atoms with Gasteiger partial charge in [-0.25, -0.2) is 12.8 Å². The van der Waals surface area contributed by atoms with E-state index in [2.05, 4.69) is 6.92 Å². The Kier molecular flexibility index (Phi) is 4.31. The Morgan fingerprint density at radius 1 is 1.48 bits per heavy atom. The molecule has 4 nitrogen and oxygen atoms in total. The van der Waals surface area contributed by atoms with Crippen LogP contribution in [0.3, 0.4) is 0 Å². The van der Waals surface area contributed by atoms with Crippen LogP contribution in [0.4, 0.5) is 4.39 Å². The number of carbonyl (C=O) groups excluding carboxylic acids is 1. The number of halogens is 2. The minimum atomic E-state index is -4.01. The first kappa shape index (κ1) is 16.2. The van der Waals surface area contributed by atoms with Crippen molar-refractivity contribution in [1.29, 1.82) is 0 Å². The van der Waals surface area contributed by atoms with Gasteiger partial charge in [0.1, 0.15) is 5.82 Å². The zero-order chi connectivity index (χ0) is 15.9. The zero-order valence-corrected chi connectivity index (χ0v) is 13.6. The molecule has 7 heteroatoms. The highest BCUT2D eigenvalue weighted by molar-refractivity contribution is 8.13. The summed E-state index contributed by atoms with van der Waals surface area (Å²) in [6, 6.07) is 2.12. The molecule has 1 aliphatic carbocycles.